The molecule has 5 heteroatoms. The fourth-order valence-corrected chi connectivity index (χ4v) is 2.43. The SMILES string of the molecule is COc1ccc(/C=C(\C#N)C(=O)Nc2cccc(C)c2C)cc1Cl. The number of methoxy groups -OCH3 is 1. The van der Waals surface area contributed by atoms with Crippen LogP contribution in [0.25, 0.3) is 6.08 Å². The molecule has 0 saturated heterocycles. The zero-order valence-electron chi connectivity index (χ0n) is 13.7. The maximum absolute atomic E-state index is 12.4. The number of ether oxygens (including phenoxy) is 1. The van der Waals surface area contributed by atoms with Crippen LogP contribution in [0.15, 0.2) is 42.0 Å². The quantitative estimate of drug-likeness (QED) is 0.658. The maximum atomic E-state index is 12.4. The van der Waals surface area contributed by atoms with Crippen LogP contribution in [0.5, 0.6) is 5.75 Å². The van der Waals surface area contributed by atoms with E-state index >= 15 is 0 Å². The summed E-state index contributed by atoms with van der Waals surface area (Å²) < 4.78 is 5.09. The van der Waals surface area contributed by atoms with E-state index in [9.17, 15) is 10.1 Å². The van der Waals surface area contributed by atoms with Crippen molar-refractivity contribution in [2.45, 2.75) is 13.8 Å². The highest BCUT2D eigenvalue weighted by Crippen LogP contribution is 2.26. The Morgan fingerprint density at radius 3 is 2.67 bits per heavy atom. The van der Waals surface area contributed by atoms with Crippen LogP contribution >= 0.6 is 11.6 Å². The van der Waals surface area contributed by atoms with Crippen LogP contribution in [0.3, 0.4) is 0 Å². The Kier molecular flexibility index (Phi) is 5.62. The smallest absolute Gasteiger partial charge is 0.266 e. The van der Waals surface area contributed by atoms with E-state index in [1.54, 1.807) is 24.3 Å². The lowest BCUT2D eigenvalue weighted by molar-refractivity contribution is -0.112. The molecule has 0 aliphatic heterocycles. The van der Waals surface area contributed by atoms with Gasteiger partial charge in [0.05, 0.1) is 12.1 Å². The number of amides is 1. The molecule has 0 bridgehead atoms. The fourth-order valence-electron chi connectivity index (χ4n) is 2.16. The predicted octanol–water partition coefficient (Wildman–Crippen LogP) is 4.51. The molecule has 0 spiro atoms. The molecule has 0 fully saturated rings. The summed E-state index contributed by atoms with van der Waals surface area (Å²) in [5.74, 6) is 0.0744. The molecular weight excluding hydrogens is 324 g/mol. The van der Waals surface area contributed by atoms with Crippen LogP contribution in [0, 0.1) is 25.2 Å². The maximum Gasteiger partial charge on any atom is 0.266 e. The molecule has 2 aromatic rings. The largest absolute Gasteiger partial charge is 0.495 e. The van der Waals surface area contributed by atoms with E-state index in [0.717, 1.165) is 11.1 Å². The summed E-state index contributed by atoms with van der Waals surface area (Å²) in [5, 5.41) is 12.5. The highest BCUT2D eigenvalue weighted by molar-refractivity contribution is 6.32. The lowest BCUT2D eigenvalue weighted by Crippen LogP contribution is -2.14. The molecule has 0 aliphatic rings. The number of carbonyl (C=O) groups excluding carboxylic acids is 1. The van der Waals surface area contributed by atoms with Gasteiger partial charge in [-0.15, -0.1) is 0 Å². The summed E-state index contributed by atoms with van der Waals surface area (Å²) in [5.41, 5.74) is 3.37. The molecule has 0 radical (unpaired) electrons. The van der Waals surface area contributed by atoms with Gasteiger partial charge in [0.2, 0.25) is 0 Å². The number of aryl methyl sites for hydroxylation is 1. The second-order valence-electron chi connectivity index (χ2n) is 5.27. The Morgan fingerprint density at radius 1 is 1.29 bits per heavy atom. The van der Waals surface area contributed by atoms with E-state index in [1.807, 2.05) is 32.0 Å². The number of rotatable bonds is 4. The van der Waals surface area contributed by atoms with E-state index in [2.05, 4.69) is 5.32 Å². The Bertz CT molecular complexity index is 851. The summed E-state index contributed by atoms with van der Waals surface area (Å²) in [6.45, 7) is 3.88. The van der Waals surface area contributed by atoms with Crippen LogP contribution < -0.4 is 10.1 Å². The summed E-state index contributed by atoms with van der Waals surface area (Å²) in [6, 6.07) is 12.6. The molecule has 0 heterocycles. The van der Waals surface area contributed by atoms with Gasteiger partial charge in [0.25, 0.3) is 5.91 Å². The first-order valence-electron chi connectivity index (χ1n) is 7.29. The molecule has 0 aromatic heterocycles. The van der Waals surface area contributed by atoms with Crippen molar-refractivity contribution in [3.63, 3.8) is 0 Å². The van der Waals surface area contributed by atoms with Crippen LogP contribution in [0.4, 0.5) is 5.69 Å². The molecule has 0 saturated carbocycles. The topological polar surface area (TPSA) is 62.1 Å². The normalized spacial score (nSPS) is 10.9. The standard InChI is InChI=1S/C19H17ClN2O2/c1-12-5-4-6-17(13(12)2)22-19(23)15(11-21)9-14-7-8-18(24-3)16(20)10-14/h4-10H,1-3H3,(H,22,23)/b15-9+. The minimum absolute atomic E-state index is 0.00265. The van der Waals surface area contributed by atoms with E-state index in [4.69, 9.17) is 16.3 Å². The van der Waals surface area contributed by atoms with Crippen molar-refractivity contribution in [3.05, 3.63) is 63.7 Å². The van der Waals surface area contributed by atoms with Gasteiger partial charge >= 0.3 is 0 Å². The molecule has 4 nitrogen and oxygen atoms in total. The van der Waals surface area contributed by atoms with Crippen molar-refractivity contribution in [1.82, 2.24) is 0 Å². The molecule has 2 aromatic carbocycles. The summed E-state index contributed by atoms with van der Waals surface area (Å²) in [6.07, 6.45) is 1.49. The average molecular weight is 341 g/mol. The first-order chi connectivity index (χ1) is 11.5. The van der Waals surface area contributed by atoms with Gasteiger partial charge in [-0.3, -0.25) is 4.79 Å². The third-order valence-electron chi connectivity index (χ3n) is 3.70. The predicted molar refractivity (Wildman–Crippen MR) is 96.1 cm³/mol. The number of nitrogens with zero attached hydrogens (tertiary/aromatic N) is 1. The molecule has 0 atom stereocenters. The number of nitriles is 1. The number of halogens is 1. The number of carbonyl (C=O) groups is 1. The Labute approximate surface area is 146 Å². The lowest BCUT2D eigenvalue weighted by atomic mass is 10.1. The fraction of sp³-hybridized carbons (Fsp3) is 0.158. The van der Waals surface area contributed by atoms with Crippen LogP contribution in [-0.2, 0) is 4.79 Å². The highest BCUT2D eigenvalue weighted by atomic mass is 35.5. The molecular formula is C19H17ClN2O2. The van der Waals surface area contributed by atoms with Gasteiger partial charge in [0.1, 0.15) is 17.4 Å². The first kappa shape index (κ1) is 17.6. The highest BCUT2D eigenvalue weighted by Gasteiger charge is 2.12. The monoisotopic (exact) mass is 340 g/mol. The van der Waals surface area contributed by atoms with E-state index in [1.165, 1.54) is 13.2 Å². The average Bonchev–Trinajstić information content (AvgIpc) is 2.57. The first-order valence-corrected chi connectivity index (χ1v) is 7.67. The Hall–Kier alpha value is -2.77. The number of benzene rings is 2. The van der Waals surface area contributed by atoms with Crippen LogP contribution in [0.1, 0.15) is 16.7 Å². The van der Waals surface area contributed by atoms with Gasteiger partial charge < -0.3 is 10.1 Å². The zero-order chi connectivity index (χ0) is 17.7. The van der Waals surface area contributed by atoms with Gasteiger partial charge in [-0.2, -0.15) is 5.26 Å². The third-order valence-corrected chi connectivity index (χ3v) is 4.00. The van der Waals surface area contributed by atoms with Gasteiger partial charge in [-0.1, -0.05) is 29.8 Å². The molecule has 0 aliphatic carbocycles. The lowest BCUT2D eigenvalue weighted by Gasteiger charge is -2.10. The van der Waals surface area contributed by atoms with Crippen LogP contribution in [0.2, 0.25) is 5.02 Å². The van der Waals surface area contributed by atoms with Crippen molar-refractivity contribution in [1.29, 1.82) is 5.26 Å². The minimum Gasteiger partial charge on any atom is -0.495 e. The van der Waals surface area contributed by atoms with E-state index < -0.39 is 5.91 Å². The second-order valence-corrected chi connectivity index (χ2v) is 5.67. The van der Waals surface area contributed by atoms with E-state index in [-0.39, 0.29) is 5.57 Å². The molecule has 0 unspecified atom stereocenters. The molecule has 24 heavy (non-hydrogen) atoms. The summed E-state index contributed by atoms with van der Waals surface area (Å²) in [4.78, 5) is 12.4. The van der Waals surface area contributed by atoms with E-state index in [0.29, 0.717) is 22.0 Å². The van der Waals surface area contributed by atoms with Crippen LogP contribution in [-0.4, -0.2) is 13.0 Å². The van der Waals surface area contributed by atoms with Crippen molar-refractivity contribution in [2.75, 3.05) is 12.4 Å². The minimum atomic E-state index is -0.460. The zero-order valence-corrected chi connectivity index (χ0v) is 14.4. The van der Waals surface area contributed by atoms with Crippen molar-refractivity contribution >= 4 is 29.3 Å². The van der Waals surface area contributed by atoms with Gasteiger partial charge in [0.15, 0.2) is 0 Å². The van der Waals surface area contributed by atoms with Gasteiger partial charge in [-0.05, 0) is 54.8 Å². The van der Waals surface area contributed by atoms with Crippen molar-refractivity contribution in [2.24, 2.45) is 0 Å². The Morgan fingerprint density at radius 2 is 2.04 bits per heavy atom. The Balaban J connectivity index is 2.27. The van der Waals surface area contributed by atoms with Crippen molar-refractivity contribution in [3.8, 4) is 11.8 Å². The second kappa shape index (κ2) is 7.67. The number of anilines is 1. The molecule has 1 N–H and O–H groups in total. The van der Waals surface area contributed by atoms with Gasteiger partial charge in [-0.25, -0.2) is 0 Å². The molecule has 1 amide bonds. The number of nitrogens with one attached hydrogen (secondary N) is 1. The molecule has 2 rings (SSSR count). The number of hydrogen-bond donors (Lipinski definition) is 1. The summed E-state index contributed by atoms with van der Waals surface area (Å²) in [7, 11) is 1.52. The van der Waals surface area contributed by atoms with Crippen molar-refractivity contribution < 1.29 is 9.53 Å². The number of hydrogen-bond acceptors (Lipinski definition) is 3. The van der Waals surface area contributed by atoms with Gasteiger partial charge in [0, 0.05) is 5.69 Å². The molecule has 122 valence electrons. The summed E-state index contributed by atoms with van der Waals surface area (Å²) >= 11 is 6.07. The third kappa shape index (κ3) is 3.95.